The summed E-state index contributed by atoms with van der Waals surface area (Å²) < 4.78 is 45.5. The third kappa shape index (κ3) is 3.47. The zero-order valence-electron chi connectivity index (χ0n) is 14.6. The molecule has 4 rings (SSSR count). The number of hydrogen-bond donors (Lipinski definition) is 0. The standard InChI is InChI=1S/C20H19FN2O3S/c21-16-9-11-17(12-10-16)27(24,25)19-20(23-13-5-2-6-14-23)26-18(22-19)15-7-3-1-4-8-15/h1,3-4,7-12H,2,5-6,13-14H2. The molecule has 5 nitrogen and oxygen atoms in total. The second-order valence-electron chi connectivity index (χ2n) is 6.50. The predicted molar refractivity (Wildman–Crippen MR) is 99.9 cm³/mol. The van der Waals surface area contributed by atoms with Crippen molar-refractivity contribution in [3.05, 3.63) is 60.4 Å². The van der Waals surface area contributed by atoms with E-state index in [-0.39, 0.29) is 21.7 Å². The Kier molecular flexibility index (Phi) is 4.70. The summed E-state index contributed by atoms with van der Waals surface area (Å²) in [6, 6.07) is 14.0. The van der Waals surface area contributed by atoms with Crippen LogP contribution in [0.1, 0.15) is 19.3 Å². The SMILES string of the molecule is O=S(=O)(c1ccc(F)cc1)c1nc(-c2ccccc2)oc1N1CCCCC1. The Hall–Kier alpha value is -2.67. The van der Waals surface area contributed by atoms with Gasteiger partial charge in [-0.1, -0.05) is 18.2 Å². The molecule has 27 heavy (non-hydrogen) atoms. The first-order chi connectivity index (χ1) is 13.1. The van der Waals surface area contributed by atoms with Crippen molar-refractivity contribution in [3.63, 3.8) is 0 Å². The largest absolute Gasteiger partial charge is 0.419 e. The molecule has 0 N–H and O–H groups in total. The van der Waals surface area contributed by atoms with E-state index in [1.165, 1.54) is 12.1 Å². The number of rotatable bonds is 4. The summed E-state index contributed by atoms with van der Waals surface area (Å²) in [5.41, 5.74) is 0.705. The first-order valence-corrected chi connectivity index (χ1v) is 10.4. The quantitative estimate of drug-likeness (QED) is 0.626. The second-order valence-corrected chi connectivity index (χ2v) is 8.37. The maximum absolute atomic E-state index is 13.2. The molecular weight excluding hydrogens is 367 g/mol. The molecule has 0 aliphatic carbocycles. The zero-order valence-corrected chi connectivity index (χ0v) is 15.5. The van der Waals surface area contributed by atoms with Crippen molar-refractivity contribution < 1.29 is 17.2 Å². The van der Waals surface area contributed by atoms with Crippen LogP contribution in [-0.2, 0) is 9.84 Å². The Morgan fingerprint density at radius 2 is 1.59 bits per heavy atom. The molecule has 0 saturated carbocycles. The van der Waals surface area contributed by atoms with E-state index in [2.05, 4.69) is 4.98 Å². The van der Waals surface area contributed by atoms with E-state index in [0.29, 0.717) is 5.56 Å². The van der Waals surface area contributed by atoms with Crippen LogP contribution >= 0.6 is 0 Å². The fourth-order valence-corrected chi connectivity index (χ4v) is 4.52. The summed E-state index contributed by atoms with van der Waals surface area (Å²) in [6.45, 7) is 1.44. The van der Waals surface area contributed by atoms with Crippen molar-refractivity contribution in [1.82, 2.24) is 4.98 Å². The molecule has 1 saturated heterocycles. The van der Waals surface area contributed by atoms with Crippen molar-refractivity contribution in [3.8, 4) is 11.5 Å². The second kappa shape index (κ2) is 7.15. The lowest BCUT2D eigenvalue weighted by Crippen LogP contribution is -2.30. The molecule has 1 fully saturated rings. The van der Waals surface area contributed by atoms with Crippen LogP contribution in [-0.4, -0.2) is 26.5 Å². The Balaban J connectivity index is 1.84. The highest BCUT2D eigenvalue weighted by Crippen LogP contribution is 2.35. The van der Waals surface area contributed by atoms with Gasteiger partial charge in [-0.25, -0.2) is 12.8 Å². The highest BCUT2D eigenvalue weighted by atomic mass is 32.2. The van der Waals surface area contributed by atoms with E-state index >= 15 is 0 Å². The highest BCUT2D eigenvalue weighted by Gasteiger charge is 2.31. The van der Waals surface area contributed by atoms with Crippen LogP contribution in [0.2, 0.25) is 0 Å². The van der Waals surface area contributed by atoms with Crippen LogP contribution in [0.5, 0.6) is 0 Å². The average Bonchev–Trinajstić information content (AvgIpc) is 3.16. The van der Waals surface area contributed by atoms with Crippen LogP contribution in [0, 0.1) is 5.82 Å². The lowest BCUT2D eigenvalue weighted by atomic mass is 10.1. The van der Waals surface area contributed by atoms with Crippen LogP contribution < -0.4 is 4.90 Å². The maximum atomic E-state index is 13.2. The molecule has 7 heteroatoms. The minimum atomic E-state index is -3.94. The molecule has 0 amide bonds. The van der Waals surface area contributed by atoms with Gasteiger partial charge in [0.15, 0.2) is 0 Å². The van der Waals surface area contributed by atoms with Crippen LogP contribution in [0.15, 0.2) is 68.9 Å². The van der Waals surface area contributed by atoms with Gasteiger partial charge in [-0.2, -0.15) is 4.98 Å². The third-order valence-corrected chi connectivity index (χ3v) is 6.29. The Morgan fingerprint density at radius 3 is 2.26 bits per heavy atom. The van der Waals surface area contributed by atoms with E-state index < -0.39 is 15.7 Å². The van der Waals surface area contributed by atoms with Gasteiger partial charge in [0, 0.05) is 18.7 Å². The molecule has 0 atom stereocenters. The predicted octanol–water partition coefficient (Wildman–Crippen LogP) is 4.30. The molecular formula is C20H19FN2O3S. The van der Waals surface area contributed by atoms with Gasteiger partial charge in [0.2, 0.25) is 26.6 Å². The van der Waals surface area contributed by atoms with E-state index in [1.54, 1.807) is 0 Å². The van der Waals surface area contributed by atoms with Gasteiger partial charge in [-0.3, -0.25) is 0 Å². The molecule has 2 aromatic carbocycles. The van der Waals surface area contributed by atoms with E-state index in [4.69, 9.17) is 4.42 Å². The average molecular weight is 386 g/mol. The minimum Gasteiger partial charge on any atom is -0.419 e. The molecule has 0 radical (unpaired) electrons. The van der Waals surface area contributed by atoms with E-state index in [1.807, 2.05) is 35.2 Å². The zero-order chi connectivity index (χ0) is 18.9. The molecule has 0 spiro atoms. The topological polar surface area (TPSA) is 63.4 Å². The van der Waals surface area contributed by atoms with Crippen molar-refractivity contribution in [2.24, 2.45) is 0 Å². The lowest BCUT2D eigenvalue weighted by Gasteiger charge is -2.26. The Labute approximate surface area is 157 Å². The number of hydrogen-bond acceptors (Lipinski definition) is 5. The fraction of sp³-hybridized carbons (Fsp3) is 0.250. The molecule has 140 valence electrons. The minimum absolute atomic E-state index is 0.00456. The van der Waals surface area contributed by atoms with Gasteiger partial charge >= 0.3 is 0 Å². The van der Waals surface area contributed by atoms with Gasteiger partial charge in [-0.15, -0.1) is 0 Å². The summed E-state index contributed by atoms with van der Waals surface area (Å²) in [7, 11) is -3.94. The summed E-state index contributed by atoms with van der Waals surface area (Å²) in [6.07, 6.45) is 3.05. The van der Waals surface area contributed by atoms with Crippen LogP contribution in [0.4, 0.5) is 10.3 Å². The number of aromatic nitrogens is 1. The smallest absolute Gasteiger partial charge is 0.236 e. The summed E-state index contributed by atoms with van der Waals surface area (Å²) in [4.78, 5) is 6.26. The number of halogens is 1. The number of nitrogens with zero attached hydrogens (tertiary/aromatic N) is 2. The van der Waals surface area contributed by atoms with Crippen molar-refractivity contribution in [2.45, 2.75) is 29.2 Å². The van der Waals surface area contributed by atoms with Gasteiger partial charge in [0.1, 0.15) is 5.82 Å². The van der Waals surface area contributed by atoms with Crippen LogP contribution in [0.25, 0.3) is 11.5 Å². The van der Waals surface area contributed by atoms with Gasteiger partial charge in [0.05, 0.1) is 4.90 Å². The number of benzene rings is 2. The van der Waals surface area contributed by atoms with Gasteiger partial charge < -0.3 is 9.32 Å². The van der Waals surface area contributed by atoms with Crippen molar-refractivity contribution in [1.29, 1.82) is 0 Å². The van der Waals surface area contributed by atoms with Crippen molar-refractivity contribution >= 4 is 15.7 Å². The Bertz CT molecular complexity index is 1020. The fourth-order valence-electron chi connectivity index (χ4n) is 3.20. The number of anilines is 1. The lowest BCUT2D eigenvalue weighted by molar-refractivity contribution is 0.499. The molecule has 1 aliphatic heterocycles. The number of sulfone groups is 1. The maximum Gasteiger partial charge on any atom is 0.236 e. The van der Waals surface area contributed by atoms with Crippen molar-refractivity contribution in [2.75, 3.05) is 18.0 Å². The molecule has 1 aliphatic rings. The van der Waals surface area contributed by atoms with E-state index in [9.17, 15) is 12.8 Å². The monoisotopic (exact) mass is 386 g/mol. The normalized spacial score (nSPS) is 15.1. The highest BCUT2D eigenvalue weighted by molar-refractivity contribution is 7.91. The van der Waals surface area contributed by atoms with Gasteiger partial charge in [0.25, 0.3) is 0 Å². The summed E-state index contributed by atoms with van der Waals surface area (Å²) >= 11 is 0. The summed E-state index contributed by atoms with van der Waals surface area (Å²) in [5, 5.41) is -0.116. The number of oxazole rings is 1. The first kappa shape index (κ1) is 17.7. The molecule has 0 unspecified atom stereocenters. The Morgan fingerprint density at radius 1 is 0.926 bits per heavy atom. The molecule has 0 bridgehead atoms. The summed E-state index contributed by atoms with van der Waals surface area (Å²) in [5.74, 6) is 0.0325. The molecule has 1 aromatic heterocycles. The molecule has 2 heterocycles. The van der Waals surface area contributed by atoms with Crippen LogP contribution in [0.3, 0.4) is 0 Å². The molecule has 3 aromatic rings. The van der Waals surface area contributed by atoms with Gasteiger partial charge in [-0.05, 0) is 55.7 Å². The number of piperidine rings is 1. The van der Waals surface area contributed by atoms with E-state index in [0.717, 1.165) is 44.5 Å². The third-order valence-electron chi connectivity index (χ3n) is 4.62. The first-order valence-electron chi connectivity index (χ1n) is 8.87.